The first-order valence-electron chi connectivity index (χ1n) is 12.5. The van der Waals surface area contributed by atoms with Gasteiger partial charge in [0.05, 0.1) is 19.0 Å². The van der Waals surface area contributed by atoms with Crippen molar-refractivity contribution in [2.75, 3.05) is 23.0 Å². The molecule has 1 aliphatic rings. The Kier molecular flexibility index (Phi) is 6.81. The number of aromatic nitrogens is 4. The Hall–Kier alpha value is -3.65. The highest BCUT2D eigenvalue weighted by Gasteiger charge is 2.22. The molecule has 35 heavy (non-hydrogen) atoms. The van der Waals surface area contributed by atoms with E-state index < -0.39 is 0 Å². The van der Waals surface area contributed by atoms with Crippen LogP contribution in [0.3, 0.4) is 0 Å². The Balaban J connectivity index is 1.41. The molecule has 2 aromatic carbocycles. The number of imidazole rings is 1. The Morgan fingerprint density at radius 3 is 2.57 bits per heavy atom. The smallest absolute Gasteiger partial charge is 0.227 e. The summed E-state index contributed by atoms with van der Waals surface area (Å²) >= 11 is 0. The van der Waals surface area contributed by atoms with Crippen LogP contribution >= 0.6 is 0 Å². The molecule has 1 aliphatic carbocycles. The predicted molar refractivity (Wildman–Crippen MR) is 141 cm³/mol. The summed E-state index contributed by atoms with van der Waals surface area (Å²) < 4.78 is 2.19. The molecule has 5 rings (SSSR count). The van der Waals surface area contributed by atoms with E-state index in [0.717, 1.165) is 52.8 Å². The molecule has 0 aliphatic heterocycles. The zero-order valence-electron chi connectivity index (χ0n) is 20.1. The van der Waals surface area contributed by atoms with Crippen LogP contribution in [0.2, 0.25) is 0 Å². The lowest BCUT2D eigenvalue weighted by Crippen LogP contribution is -2.24. The third-order valence-corrected chi connectivity index (χ3v) is 6.87. The van der Waals surface area contributed by atoms with Gasteiger partial charge in [-0.25, -0.2) is 4.98 Å². The molecule has 1 atom stereocenters. The standard InChI is InChI=1S/C27H33N7O/c1-2-20(16-35)31-27-32-25(24-26(33-27)34(17-30-24)21-7-3-4-8-21)29-15-18-11-13-19(14-12-18)22-9-5-6-10-23(22)28/h5-6,9-14,17,20-21,35H,2-4,7-8,15-16,28H2,1H3,(H2,29,31,32,33)/t20-/m1/s1. The first-order valence-corrected chi connectivity index (χ1v) is 12.5. The summed E-state index contributed by atoms with van der Waals surface area (Å²) in [5.41, 5.74) is 11.8. The highest BCUT2D eigenvalue weighted by molar-refractivity contribution is 5.84. The van der Waals surface area contributed by atoms with Crippen molar-refractivity contribution in [2.45, 2.75) is 57.7 Å². The zero-order chi connectivity index (χ0) is 24.2. The normalized spacial score (nSPS) is 14.9. The molecule has 0 amide bonds. The number of nitrogen functional groups attached to an aromatic ring is 1. The van der Waals surface area contributed by atoms with E-state index in [-0.39, 0.29) is 12.6 Å². The molecule has 5 N–H and O–H groups in total. The average molecular weight is 472 g/mol. The van der Waals surface area contributed by atoms with Crippen LogP contribution in [0.15, 0.2) is 54.9 Å². The van der Waals surface area contributed by atoms with Crippen LogP contribution < -0.4 is 16.4 Å². The number of fused-ring (bicyclic) bond motifs is 1. The number of aliphatic hydroxyl groups excluding tert-OH is 1. The fraction of sp³-hybridized carbons (Fsp3) is 0.370. The van der Waals surface area contributed by atoms with Gasteiger partial charge in [-0.1, -0.05) is 62.2 Å². The maximum Gasteiger partial charge on any atom is 0.227 e. The van der Waals surface area contributed by atoms with E-state index in [2.05, 4.69) is 44.5 Å². The fourth-order valence-electron chi connectivity index (χ4n) is 4.76. The number of nitrogens with zero attached hydrogens (tertiary/aromatic N) is 4. The third kappa shape index (κ3) is 4.93. The van der Waals surface area contributed by atoms with Crippen LogP contribution in [-0.2, 0) is 6.54 Å². The van der Waals surface area contributed by atoms with Crippen LogP contribution in [0.5, 0.6) is 0 Å². The Morgan fingerprint density at radius 2 is 1.86 bits per heavy atom. The number of nitrogens with one attached hydrogen (secondary N) is 2. The van der Waals surface area contributed by atoms with Gasteiger partial charge in [0.2, 0.25) is 5.95 Å². The van der Waals surface area contributed by atoms with Crippen molar-refractivity contribution in [3.8, 4) is 11.1 Å². The second kappa shape index (κ2) is 10.3. The number of rotatable bonds is 9. The number of anilines is 3. The quantitative estimate of drug-likeness (QED) is 0.254. The van der Waals surface area contributed by atoms with Crippen molar-refractivity contribution in [2.24, 2.45) is 0 Å². The van der Waals surface area contributed by atoms with Gasteiger partial charge < -0.3 is 26.0 Å². The number of nitrogens with two attached hydrogens (primary N) is 1. The van der Waals surface area contributed by atoms with Crippen LogP contribution in [0.25, 0.3) is 22.3 Å². The minimum absolute atomic E-state index is 0.0286. The molecule has 0 unspecified atom stereocenters. The Labute approximate surface area is 205 Å². The summed E-state index contributed by atoms with van der Waals surface area (Å²) in [6.45, 7) is 2.66. The summed E-state index contributed by atoms with van der Waals surface area (Å²) in [5.74, 6) is 1.20. The molecule has 182 valence electrons. The van der Waals surface area contributed by atoms with Gasteiger partial charge in [0, 0.05) is 23.8 Å². The SMILES string of the molecule is CC[C@H](CO)Nc1nc(NCc2ccc(-c3ccccc3N)cc2)c2ncn(C3CCCC3)c2n1. The second-order valence-electron chi connectivity index (χ2n) is 9.23. The molecule has 0 radical (unpaired) electrons. The summed E-state index contributed by atoms with van der Waals surface area (Å²) in [6.07, 6.45) is 7.44. The summed E-state index contributed by atoms with van der Waals surface area (Å²) in [7, 11) is 0. The maximum atomic E-state index is 9.67. The van der Waals surface area contributed by atoms with Crippen molar-refractivity contribution in [3.05, 3.63) is 60.4 Å². The topological polar surface area (TPSA) is 114 Å². The second-order valence-corrected chi connectivity index (χ2v) is 9.23. The van der Waals surface area contributed by atoms with Gasteiger partial charge in [-0.3, -0.25) is 0 Å². The van der Waals surface area contributed by atoms with E-state index in [4.69, 9.17) is 15.7 Å². The molecule has 4 aromatic rings. The van der Waals surface area contributed by atoms with Gasteiger partial charge in [0.15, 0.2) is 17.0 Å². The molecule has 8 nitrogen and oxygen atoms in total. The highest BCUT2D eigenvalue weighted by atomic mass is 16.3. The van der Waals surface area contributed by atoms with Crippen LogP contribution in [0, 0.1) is 0 Å². The number of hydrogen-bond acceptors (Lipinski definition) is 7. The maximum absolute atomic E-state index is 9.67. The van der Waals surface area contributed by atoms with Gasteiger partial charge in [-0.15, -0.1) is 0 Å². The van der Waals surface area contributed by atoms with E-state index in [0.29, 0.717) is 24.4 Å². The average Bonchev–Trinajstić information content (AvgIpc) is 3.56. The van der Waals surface area contributed by atoms with E-state index in [1.54, 1.807) is 0 Å². The highest BCUT2D eigenvalue weighted by Crippen LogP contribution is 2.33. The molecule has 0 spiro atoms. The Bertz CT molecular complexity index is 1270. The van der Waals surface area contributed by atoms with Gasteiger partial charge in [-0.2, -0.15) is 9.97 Å². The molecule has 2 aromatic heterocycles. The summed E-state index contributed by atoms with van der Waals surface area (Å²) in [5, 5.41) is 16.4. The molecule has 1 saturated carbocycles. The molecule has 0 bridgehead atoms. The number of hydrogen-bond donors (Lipinski definition) is 4. The summed E-state index contributed by atoms with van der Waals surface area (Å²) in [4.78, 5) is 14.2. The monoisotopic (exact) mass is 471 g/mol. The van der Waals surface area contributed by atoms with Crippen molar-refractivity contribution < 1.29 is 5.11 Å². The first kappa shape index (κ1) is 23.1. The van der Waals surface area contributed by atoms with E-state index in [9.17, 15) is 5.11 Å². The lowest BCUT2D eigenvalue weighted by Gasteiger charge is -2.17. The largest absolute Gasteiger partial charge is 0.398 e. The molecular weight excluding hydrogens is 438 g/mol. The minimum atomic E-state index is -0.0962. The van der Waals surface area contributed by atoms with Crippen molar-refractivity contribution in [1.29, 1.82) is 0 Å². The number of para-hydroxylation sites is 1. The molecule has 2 heterocycles. The third-order valence-electron chi connectivity index (χ3n) is 6.87. The molecular formula is C27H33N7O. The van der Waals surface area contributed by atoms with Crippen LogP contribution in [-0.4, -0.2) is 37.3 Å². The van der Waals surface area contributed by atoms with E-state index in [1.165, 1.54) is 12.8 Å². The van der Waals surface area contributed by atoms with Gasteiger partial charge in [0.25, 0.3) is 0 Å². The Morgan fingerprint density at radius 1 is 1.09 bits per heavy atom. The van der Waals surface area contributed by atoms with E-state index in [1.807, 2.05) is 37.5 Å². The predicted octanol–water partition coefficient (Wildman–Crippen LogP) is 4.99. The molecule has 1 fully saturated rings. The van der Waals surface area contributed by atoms with Crippen molar-refractivity contribution >= 4 is 28.6 Å². The van der Waals surface area contributed by atoms with Crippen LogP contribution in [0.4, 0.5) is 17.5 Å². The molecule has 8 heteroatoms. The van der Waals surface area contributed by atoms with Gasteiger partial charge in [0.1, 0.15) is 0 Å². The number of aliphatic hydroxyl groups is 1. The van der Waals surface area contributed by atoms with Gasteiger partial charge in [-0.05, 0) is 36.5 Å². The lowest BCUT2D eigenvalue weighted by atomic mass is 10.0. The fourth-order valence-corrected chi connectivity index (χ4v) is 4.76. The van der Waals surface area contributed by atoms with Crippen molar-refractivity contribution in [3.63, 3.8) is 0 Å². The minimum Gasteiger partial charge on any atom is -0.398 e. The van der Waals surface area contributed by atoms with Gasteiger partial charge >= 0.3 is 0 Å². The van der Waals surface area contributed by atoms with Crippen molar-refractivity contribution in [1.82, 2.24) is 19.5 Å². The first-order chi connectivity index (χ1) is 17.2. The van der Waals surface area contributed by atoms with Crippen LogP contribution in [0.1, 0.15) is 50.6 Å². The number of benzene rings is 2. The molecule has 0 saturated heterocycles. The summed E-state index contributed by atoms with van der Waals surface area (Å²) in [6, 6.07) is 16.6. The zero-order valence-corrected chi connectivity index (χ0v) is 20.1. The lowest BCUT2D eigenvalue weighted by molar-refractivity contribution is 0.271. The van der Waals surface area contributed by atoms with E-state index >= 15 is 0 Å².